The number of aliphatic hydroxyl groups is 1. The summed E-state index contributed by atoms with van der Waals surface area (Å²) in [4.78, 5) is 28.0. The smallest absolute Gasteiger partial charge is 0.307 e. The standard InChI is InChI=1S/C26H36N4O4.2C2H6/c1-3-4-5-6-18-12-29(15-23(31)28-13-19-20(14-28)24(19)26(33)34)25(32)22-11-21(27-30(18)22)17-9-7-16(2)8-10-17;2*1-2/h7-11,18-21,24-25,27,32H,3-6,12-15H2,1-2H3,(H,33,34);2*1-2H3. The number of carboxylic acids is 1. The lowest BCUT2D eigenvalue weighted by molar-refractivity contribution is -0.142. The Morgan fingerprint density at radius 2 is 1.63 bits per heavy atom. The maximum absolute atomic E-state index is 13.1. The predicted molar refractivity (Wildman–Crippen MR) is 150 cm³/mol. The maximum Gasteiger partial charge on any atom is 0.307 e. The van der Waals surface area contributed by atoms with Gasteiger partial charge in [-0.05, 0) is 36.8 Å². The quantitative estimate of drug-likeness (QED) is 0.436. The van der Waals surface area contributed by atoms with Gasteiger partial charge in [-0.2, -0.15) is 0 Å². The number of aliphatic carboxylic acids is 1. The summed E-state index contributed by atoms with van der Waals surface area (Å²) in [7, 11) is 0. The molecule has 1 saturated carbocycles. The van der Waals surface area contributed by atoms with Crippen LogP contribution >= 0.6 is 0 Å². The highest BCUT2D eigenvalue weighted by molar-refractivity contribution is 5.81. The molecule has 3 heterocycles. The van der Waals surface area contributed by atoms with Gasteiger partial charge in [-0.15, -0.1) is 0 Å². The number of carbonyl (C=O) groups is 2. The third kappa shape index (κ3) is 6.41. The van der Waals surface area contributed by atoms with Crippen LogP contribution < -0.4 is 5.43 Å². The molecule has 5 rings (SSSR count). The van der Waals surface area contributed by atoms with Crippen LogP contribution in [0.1, 0.15) is 77.5 Å². The number of piperidine rings is 1. The van der Waals surface area contributed by atoms with E-state index in [-0.39, 0.29) is 42.3 Å². The highest BCUT2D eigenvalue weighted by Gasteiger charge is 2.60. The number of carbonyl (C=O) groups excluding carboxylic acids is 1. The van der Waals surface area contributed by atoms with Crippen LogP contribution in [0, 0.1) is 24.7 Å². The molecule has 212 valence electrons. The Hall–Kier alpha value is -2.42. The zero-order valence-electron chi connectivity index (χ0n) is 24.1. The number of aliphatic hydroxyl groups excluding tert-OH is 1. The Bertz CT molecular complexity index is 954. The number of hydrazine groups is 1. The van der Waals surface area contributed by atoms with E-state index in [2.05, 4.69) is 54.6 Å². The van der Waals surface area contributed by atoms with Gasteiger partial charge in [0.2, 0.25) is 5.91 Å². The zero-order valence-corrected chi connectivity index (χ0v) is 24.1. The van der Waals surface area contributed by atoms with Crippen LogP contribution in [0.15, 0.2) is 36.0 Å². The normalized spacial score (nSPS) is 29.3. The fourth-order valence-electron chi connectivity index (χ4n) is 5.99. The molecule has 3 N–H and O–H groups in total. The Morgan fingerprint density at radius 1 is 1.00 bits per heavy atom. The minimum atomic E-state index is -0.849. The molecule has 1 amide bonds. The molecule has 4 aliphatic rings. The molecule has 0 radical (unpaired) electrons. The van der Waals surface area contributed by atoms with E-state index >= 15 is 0 Å². The fourth-order valence-corrected chi connectivity index (χ4v) is 5.99. The van der Waals surface area contributed by atoms with Crippen LogP contribution in [0.3, 0.4) is 0 Å². The molecule has 5 atom stereocenters. The first-order valence-electron chi connectivity index (χ1n) is 14.6. The highest BCUT2D eigenvalue weighted by atomic mass is 16.4. The van der Waals surface area contributed by atoms with E-state index < -0.39 is 12.2 Å². The van der Waals surface area contributed by atoms with Crippen molar-refractivity contribution in [2.45, 2.75) is 85.5 Å². The van der Waals surface area contributed by atoms with Crippen molar-refractivity contribution in [3.63, 3.8) is 0 Å². The number of nitrogens with one attached hydrogen (secondary N) is 1. The van der Waals surface area contributed by atoms with Crippen LogP contribution in [0.2, 0.25) is 0 Å². The number of nitrogens with zero attached hydrogens (tertiary/aromatic N) is 3. The Balaban J connectivity index is 0.000000956. The van der Waals surface area contributed by atoms with E-state index in [0.717, 1.165) is 36.9 Å². The van der Waals surface area contributed by atoms with Gasteiger partial charge >= 0.3 is 5.97 Å². The Kier molecular flexibility index (Phi) is 10.8. The van der Waals surface area contributed by atoms with Crippen molar-refractivity contribution >= 4 is 11.9 Å². The molecule has 0 spiro atoms. The summed E-state index contributed by atoms with van der Waals surface area (Å²) in [6.45, 7) is 14.1. The first-order chi connectivity index (χ1) is 18.4. The molecule has 2 saturated heterocycles. The first-order valence-corrected chi connectivity index (χ1v) is 14.6. The summed E-state index contributed by atoms with van der Waals surface area (Å²) >= 11 is 0. The minimum Gasteiger partial charge on any atom is -0.481 e. The minimum absolute atomic E-state index is 0.00627. The number of hydrogen-bond acceptors (Lipinski definition) is 6. The average Bonchev–Trinajstić information content (AvgIpc) is 3.23. The van der Waals surface area contributed by atoms with Crippen molar-refractivity contribution in [2.24, 2.45) is 17.8 Å². The van der Waals surface area contributed by atoms with Crippen LogP contribution in [0.4, 0.5) is 0 Å². The molecule has 3 fully saturated rings. The van der Waals surface area contributed by atoms with Gasteiger partial charge in [0.25, 0.3) is 0 Å². The van der Waals surface area contributed by atoms with Gasteiger partial charge in [0, 0.05) is 19.6 Å². The van der Waals surface area contributed by atoms with Crippen molar-refractivity contribution in [1.29, 1.82) is 0 Å². The summed E-state index contributed by atoms with van der Waals surface area (Å²) in [6, 6.07) is 8.60. The molecule has 5 unspecified atom stereocenters. The van der Waals surface area contributed by atoms with E-state index in [1.807, 2.05) is 32.6 Å². The lowest BCUT2D eigenvalue weighted by Gasteiger charge is -2.45. The van der Waals surface area contributed by atoms with Gasteiger partial charge in [0.1, 0.15) is 6.23 Å². The largest absolute Gasteiger partial charge is 0.481 e. The fraction of sp³-hybridized carbons (Fsp3) is 0.667. The van der Waals surface area contributed by atoms with Gasteiger partial charge in [-0.1, -0.05) is 83.7 Å². The van der Waals surface area contributed by atoms with Crippen LogP contribution in [0.5, 0.6) is 0 Å². The van der Waals surface area contributed by atoms with Crippen LogP contribution in [-0.2, 0) is 9.59 Å². The lowest BCUT2D eigenvalue weighted by Crippen LogP contribution is -2.60. The Morgan fingerprint density at radius 3 is 2.21 bits per heavy atom. The van der Waals surface area contributed by atoms with Crippen molar-refractivity contribution in [2.75, 3.05) is 26.2 Å². The summed E-state index contributed by atoms with van der Waals surface area (Å²) in [5, 5.41) is 22.6. The number of carboxylic acid groups (broad SMARTS) is 1. The van der Waals surface area contributed by atoms with Crippen molar-refractivity contribution in [3.05, 3.63) is 47.2 Å². The molecule has 38 heavy (non-hydrogen) atoms. The van der Waals surface area contributed by atoms with E-state index in [0.29, 0.717) is 19.6 Å². The zero-order chi connectivity index (χ0) is 28.0. The third-order valence-electron chi connectivity index (χ3n) is 8.06. The summed E-state index contributed by atoms with van der Waals surface area (Å²) in [5.74, 6) is -0.844. The molecule has 0 aromatic heterocycles. The topological polar surface area (TPSA) is 96.4 Å². The van der Waals surface area contributed by atoms with E-state index in [9.17, 15) is 19.8 Å². The molecular formula is C30H48N4O4. The number of amides is 1. The van der Waals surface area contributed by atoms with Crippen molar-refractivity contribution in [3.8, 4) is 0 Å². The molecule has 8 heteroatoms. The van der Waals surface area contributed by atoms with Gasteiger partial charge < -0.3 is 20.1 Å². The molecule has 1 aliphatic carbocycles. The second kappa shape index (κ2) is 13.6. The molecule has 8 nitrogen and oxygen atoms in total. The monoisotopic (exact) mass is 528 g/mol. The number of piperazine rings is 1. The first kappa shape index (κ1) is 30.1. The summed E-state index contributed by atoms with van der Waals surface area (Å²) in [6.07, 6.45) is 5.64. The van der Waals surface area contributed by atoms with Gasteiger partial charge in [-0.25, -0.2) is 5.43 Å². The maximum atomic E-state index is 13.1. The molecule has 1 aromatic carbocycles. The number of hydrogen-bond donors (Lipinski definition) is 3. The summed E-state index contributed by atoms with van der Waals surface area (Å²) < 4.78 is 0. The number of aryl methyl sites for hydroxylation is 1. The van der Waals surface area contributed by atoms with Gasteiger partial charge in [-0.3, -0.25) is 14.5 Å². The SMILES string of the molecule is CC.CC.CCCCCC1CN(CC(=O)N2CC3C(C2)C3C(=O)O)C(O)C2=CC(c3ccc(C)cc3)NN21. The van der Waals surface area contributed by atoms with Crippen LogP contribution in [0.25, 0.3) is 0 Å². The highest BCUT2D eigenvalue weighted by Crippen LogP contribution is 2.51. The molecule has 3 aliphatic heterocycles. The summed E-state index contributed by atoms with van der Waals surface area (Å²) in [5.41, 5.74) is 6.78. The van der Waals surface area contributed by atoms with Crippen molar-refractivity contribution < 1.29 is 19.8 Å². The van der Waals surface area contributed by atoms with Crippen molar-refractivity contribution in [1.82, 2.24) is 20.2 Å². The molecular weight excluding hydrogens is 480 g/mol. The van der Waals surface area contributed by atoms with E-state index in [1.165, 1.54) is 5.56 Å². The lowest BCUT2D eigenvalue weighted by atomic mass is 10.0. The van der Waals surface area contributed by atoms with Crippen LogP contribution in [-0.4, -0.2) is 75.3 Å². The number of benzene rings is 1. The average molecular weight is 529 g/mol. The van der Waals surface area contributed by atoms with E-state index in [1.54, 1.807) is 4.90 Å². The molecule has 0 bridgehead atoms. The number of fused-ring (bicyclic) bond motifs is 2. The second-order valence-corrected chi connectivity index (χ2v) is 10.4. The second-order valence-electron chi connectivity index (χ2n) is 10.4. The van der Waals surface area contributed by atoms with E-state index in [4.69, 9.17) is 0 Å². The predicted octanol–water partition coefficient (Wildman–Crippen LogP) is 4.16. The number of likely N-dealkylation sites (tertiary alicyclic amines) is 1. The number of rotatable bonds is 8. The third-order valence-corrected chi connectivity index (χ3v) is 8.06. The van der Waals surface area contributed by atoms with Gasteiger partial charge in [0.15, 0.2) is 0 Å². The Labute approximate surface area is 228 Å². The van der Waals surface area contributed by atoms with Gasteiger partial charge in [0.05, 0.1) is 30.2 Å². The number of unbranched alkanes of at least 4 members (excludes halogenated alkanes) is 2. The molecule has 1 aromatic rings.